The smallest absolute Gasteiger partial charge is 0.130 e. The maximum absolute atomic E-state index is 6.01. The first kappa shape index (κ1) is 46.6. The third-order valence-electron chi connectivity index (χ3n) is 10.7. The van der Waals surface area contributed by atoms with Crippen LogP contribution < -0.4 is 9.47 Å². The summed E-state index contributed by atoms with van der Waals surface area (Å²) in [6.07, 6.45) is 32.0. The van der Waals surface area contributed by atoms with Crippen molar-refractivity contribution in [2.45, 2.75) is 150 Å². The van der Waals surface area contributed by atoms with Gasteiger partial charge in [0, 0.05) is 16.3 Å². The molecule has 0 aromatic heterocycles. The van der Waals surface area contributed by atoms with Crippen molar-refractivity contribution in [2.24, 2.45) is 0 Å². The van der Waals surface area contributed by atoms with Gasteiger partial charge in [-0.25, -0.2) is 0 Å². The summed E-state index contributed by atoms with van der Waals surface area (Å²) in [7, 11) is 3.56. The molecule has 0 N–H and O–H groups in total. The predicted octanol–water partition coefficient (Wildman–Crippen LogP) is 16.2. The van der Waals surface area contributed by atoms with Crippen molar-refractivity contribution >= 4 is 34.3 Å². The molecule has 1 aliphatic rings. The zero-order valence-electron chi connectivity index (χ0n) is 36.6. The average Bonchev–Trinajstić information content (AvgIpc) is 3.14. The van der Waals surface area contributed by atoms with E-state index in [2.05, 4.69) is 153 Å². The van der Waals surface area contributed by atoms with Crippen LogP contribution in [0.5, 0.6) is 11.5 Å². The molecule has 2 aromatic carbocycles. The summed E-state index contributed by atoms with van der Waals surface area (Å²) in [6, 6.07) is 8.41. The highest BCUT2D eigenvalue weighted by molar-refractivity contribution is 8.19. The van der Waals surface area contributed by atoms with Gasteiger partial charge in [-0.15, -0.1) is 23.5 Å². The molecule has 2 nitrogen and oxygen atoms in total. The molecule has 0 bridgehead atoms. The van der Waals surface area contributed by atoms with Gasteiger partial charge in [-0.05, 0) is 163 Å². The summed E-state index contributed by atoms with van der Waals surface area (Å²) < 4.78 is 12.0. The number of methoxy groups -OCH3 is 2. The van der Waals surface area contributed by atoms with E-state index < -0.39 is 0 Å². The lowest BCUT2D eigenvalue weighted by atomic mass is 9.95. The third-order valence-corrected chi connectivity index (χ3v) is 13.9. The number of rotatable bonds is 22. The molecule has 1 fully saturated rings. The molecule has 0 radical (unpaired) electrons. The number of thioether (sulfide) groups is 2. The van der Waals surface area contributed by atoms with Crippen LogP contribution >= 0.6 is 23.5 Å². The molecular weight excluding hydrogens is 709 g/mol. The minimum absolute atomic E-state index is 0.110. The van der Waals surface area contributed by atoms with Gasteiger partial charge in [0.05, 0.1) is 18.3 Å². The van der Waals surface area contributed by atoms with Crippen molar-refractivity contribution in [2.75, 3.05) is 25.7 Å². The number of benzene rings is 2. The van der Waals surface area contributed by atoms with Crippen LogP contribution in [-0.4, -0.2) is 29.8 Å². The fraction of sp³-hybridized carbons (Fsp3) is 0.529. The molecule has 0 atom stereocenters. The molecular formula is C51H74O2S2. The lowest BCUT2D eigenvalue weighted by Gasteiger charge is -2.34. The van der Waals surface area contributed by atoms with Crippen LogP contribution in [0.25, 0.3) is 10.8 Å². The van der Waals surface area contributed by atoms with E-state index in [1.54, 1.807) is 14.2 Å². The van der Waals surface area contributed by atoms with E-state index in [1.165, 1.54) is 81.8 Å². The fourth-order valence-corrected chi connectivity index (χ4v) is 11.0. The van der Waals surface area contributed by atoms with Crippen LogP contribution in [0.1, 0.15) is 144 Å². The first-order chi connectivity index (χ1) is 26.4. The van der Waals surface area contributed by atoms with Gasteiger partial charge in [-0.3, -0.25) is 0 Å². The molecule has 0 unspecified atom stereocenters. The topological polar surface area (TPSA) is 18.5 Å². The minimum Gasteiger partial charge on any atom is -0.496 e. The second-order valence-electron chi connectivity index (χ2n) is 16.2. The van der Waals surface area contributed by atoms with Gasteiger partial charge in [-0.2, -0.15) is 0 Å². The van der Waals surface area contributed by atoms with Crippen LogP contribution in [0.3, 0.4) is 0 Å². The maximum Gasteiger partial charge on any atom is 0.130 e. The highest BCUT2D eigenvalue weighted by atomic mass is 32.2. The van der Waals surface area contributed by atoms with Crippen LogP contribution in [0.2, 0.25) is 0 Å². The SMILES string of the molecule is COc1c(C)c(C/C=C(\C)CC2(/C=C(\C)CC/C=C(\C)CC/C=C(\C)CC/C=C(\C)CC/C=C(\C)CCC=C(C)C)SCCCS2)c(OC)c2ccccc12. The lowest BCUT2D eigenvalue weighted by Crippen LogP contribution is -2.23. The van der Waals surface area contributed by atoms with Crippen LogP contribution in [0.4, 0.5) is 0 Å². The number of allylic oxidation sites excluding steroid dienone is 13. The van der Waals surface area contributed by atoms with E-state index in [0.717, 1.165) is 85.6 Å². The van der Waals surface area contributed by atoms with Crippen molar-refractivity contribution in [3.8, 4) is 11.5 Å². The van der Waals surface area contributed by atoms with Gasteiger partial charge in [0.1, 0.15) is 11.5 Å². The quantitative estimate of drug-likeness (QED) is 0.111. The zero-order valence-corrected chi connectivity index (χ0v) is 38.2. The normalized spacial score (nSPS) is 16.1. The Morgan fingerprint density at radius 2 is 1.02 bits per heavy atom. The van der Waals surface area contributed by atoms with E-state index in [0.29, 0.717) is 0 Å². The number of hydrogen-bond donors (Lipinski definition) is 0. The van der Waals surface area contributed by atoms with Crippen LogP contribution in [0.15, 0.2) is 106 Å². The molecule has 1 aliphatic heterocycles. The first-order valence-electron chi connectivity index (χ1n) is 20.9. The molecule has 302 valence electrons. The molecule has 0 spiro atoms. The van der Waals surface area contributed by atoms with Crippen molar-refractivity contribution < 1.29 is 9.47 Å². The average molecular weight is 783 g/mol. The monoisotopic (exact) mass is 783 g/mol. The molecule has 2 aromatic rings. The van der Waals surface area contributed by atoms with E-state index >= 15 is 0 Å². The summed E-state index contributed by atoms with van der Waals surface area (Å²) in [6.45, 7) is 20.4. The predicted molar refractivity (Wildman–Crippen MR) is 251 cm³/mol. The molecule has 55 heavy (non-hydrogen) atoms. The molecule has 4 heteroatoms. The molecule has 0 amide bonds. The van der Waals surface area contributed by atoms with Gasteiger partial charge < -0.3 is 9.47 Å². The van der Waals surface area contributed by atoms with Gasteiger partial charge in [-0.1, -0.05) is 106 Å². The fourth-order valence-electron chi connectivity index (χ4n) is 7.49. The van der Waals surface area contributed by atoms with Crippen LogP contribution in [0, 0.1) is 6.92 Å². The second-order valence-corrected chi connectivity index (χ2v) is 19.3. The summed E-state index contributed by atoms with van der Waals surface area (Å²) in [5.74, 6) is 4.38. The summed E-state index contributed by atoms with van der Waals surface area (Å²) in [4.78, 5) is 0. The van der Waals surface area contributed by atoms with E-state index in [9.17, 15) is 0 Å². The van der Waals surface area contributed by atoms with Gasteiger partial charge in [0.25, 0.3) is 0 Å². The van der Waals surface area contributed by atoms with Crippen LogP contribution in [-0.2, 0) is 6.42 Å². The van der Waals surface area contributed by atoms with Crippen molar-refractivity contribution in [3.63, 3.8) is 0 Å². The maximum atomic E-state index is 6.01. The van der Waals surface area contributed by atoms with Crippen molar-refractivity contribution in [1.29, 1.82) is 0 Å². The summed E-state index contributed by atoms with van der Waals surface area (Å²) >= 11 is 4.29. The first-order valence-corrected chi connectivity index (χ1v) is 22.8. The van der Waals surface area contributed by atoms with E-state index in [1.807, 2.05) is 0 Å². The molecule has 1 heterocycles. The molecule has 0 saturated carbocycles. The molecule has 0 aliphatic carbocycles. The summed E-state index contributed by atoms with van der Waals surface area (Å²) in [5, 5.41) is 2.22. The van der Waals surface area contributed by atoms with Crippen molar-refractivity contribution in [3.05, 3.63) is 117 Å². The number of fused-ring (bicyclic) bond motifs is 1. The Balaban J connectivity index is 1.50. The Morgan fingerprint density at radius 3 is 1.47 bits per heavy atom. The highest BCUT2D eigenvalue weighted by Crippen LogP contribution is 2.48. The Labute approximate surface area is 346 Å². The van der Waals surface area contributed by atoms with E-state index in [-0.39, 0.29) is 4.08 Å². The number of ether oxygens (including phenoxy) is 2. The standard InChI is InChI=1S/C51H74O2S2/c1-38(2)20-14-21-39(3)22-15-23-40(4)24-16-25-41(5)26-17-27-42(6)28-18-29-43(7)36-51(54-34-19-35-55-51)37-44(8)32-33-46-45(9)49(52-10)47-30-12-13-31-48(47)50(46)53-11/h12-13,20,22,24,26,28,30-32,36H,14-19,21,23,25,27,29,33-35,37H2,1-11H3/b39-22+,40-24+,41-26+,42-28+,43-36+,44-32+. The largest absolute Gasteiger partial charge is 0.496 e. The number of hydrogen-bond acceptors (Lipinski definition) is 4. The Kier molecular flexibility index (Phi) is 20.9. The minimum atomic E-state index is 0.110. The third kappa shape index (κ3) is 16.3. The lowest BCUT2D eigenvalue weighted by molar-refractivity contribution is 0.404. The van der Waals surface area contributed by atoms with Crippen molar-refractivity contribution in [1.82, 2.24) is 0 Å². The van der Waals surface area contributed by atoms with Gasteiger partial charge in [0.15, 0.2) is 0 Å². The highest BCUT2D eigenvalue weighted by Gasteiger charge is 2.32. The zero-order chi connectivity index (χ0) is 40.2. The summed E-state index contributed by atoms with van der Waals surface area (Å²) in [5.41, 5.74) is 12.8. The van der Waals surface area contributed by atoms with Gasteiger partial charge >= 0.3 is 0 Å². The Hall–Kier alpha value is -2.82. The molecule has 1 saturated heterocycles. The molecule has 3 rings (SSSR count). The van der Waals surface area contributed by atoms with Gasteiger partial charge in [0.2, 0.25) is 0 Å². The Morgan fingerprint density at radius 1 is 0.582 bits per heavy atom. The second kappa shape index (κ2) is 24.7. The van der Waals surface area contributed by atoms with E-state index in [4.69, 9.17) is 9.47 Å². The Bertz CT molecular complexity index is 1740.